The lowest BCUT2D eigenvalue weighted by Crippen LogP contribution is -2.35. The van der Waals surface area contributed by atoms with Crippen LogP contribution in [0.2, 0.25) is 10.0 Å². The number of rotatable bonds is 7. The molecule has 1 heterocycles. The molecule has 1 aromatic carbocycles. The Morgan fingerprint density at radius 2 is 1.80 bits per heavy atom. The summed E-state index contributed by atoms with van der Waals surface area (Å²) < 4.78 is 10.6. The predicted molar refractivity (Wildman–Crippen MR) is 97.2 cm³/mol. The van der Waals surface area contributed by atoms with E-state index in [0.717, 1.165) is 38.8 Å². The fraction of sp³-hybridized carbons (Fsp3) is 0.556. The number of likely N-dealkylation sites (tertiary alicyclic amines) is 1. The van der Waals surface area contributed by atoms with Crippen molar-refractivity contribution in [3.05, 3.63) is 28.2 Å². The third-order valence-electron chi connectivity index (χ3n) is 3.99. The van der Waals surface area contributed by atoms with Gasteiger partial charge in [0, 0.05) is 24.5 Å². The highest BCUT2D eigenvalue weighted by molar-refractivity contribution is 6.35. The van der Waals surface area contributed by atoms with Crippen LogP contribution in [0.5, 0.6) is 5.75 Å². The van der Waals surface area contributed by atoms with E-state index < -0.39 is 5.97 Å². The molecule has 1 fully saturated rings. The zero-order chi connectivity index (χ0) is 18.1. The number of nitrogens with zero attached hydrogens (tertiary/aromatic N) is 1. The van der Waals surface area contributed by atoms with Gasteiger partial charge in [0.25, 0.3) is 5.91 Å². The monoisotopic (exact) mass is 387 g/mol. The van der Waals surface area contributed by atoms with Crippen LogP contribution >= 0.6 is 23.2 Å². The van der Waals surface area contributed by atoms with Gasteiger partial charge in [0.1, 0.15) is 5.75 Å². The van der Waals surface area contributed by atoms with Crippen LogP contribution in [-0.4, -0.2) is 43.1 Å². The van der Waals surface area contributed by atoms with E-state index in [1.165, 1.54) is 0 Å². The molecule has 0 aliphatic carbocycles. The fourth-order valence-electron chi connectivity index (χ4n) is 2.62. The van der Waals surface area contributed by atoms with Crippen molar-refractivity contribution in [2.45, 2.75) is 38.5 Å². The molecule has 7 heteroatoms. The molecule has 0 saturated carbocycles. The first-order chi connectivity index (χ1) is 12.1. The number of benzene rings is 1. The number of halogens is 2. The van der Waals surface area contributed by atoms with Gasteiger partial charge in [-0.3, -0.25) is 9.59 Å². The minimum absolute atomic E-state index is 0.112. The molecule has 0 spiro atoms. The molecule has 1 amide bonds. The van der Waals surface area contributed by atoms with E-state index in [1.54, 1.807) is 23.1 Å². The van der Waals surface area contributed by atoms with Crippen molar-refractivity contribution in [2.75, 3.05) is 26.3 Å². The molecule has 1 aromatic rings. The average Bonchev–Trinajstić information content (AvgIpc) is 2.87. The van der Waals surface area contributed by atoms with Crippen LogP contribution < -0.4 is 4.74 Å². The molecule has 25 heavy (non-hydrogen) atoms. The Labute approximate surface area is 158 Å². The number of ether oxygens (including phenoxy) is 2. The quantitative estimate of drug-likeness (QED) is 0.521. The molecule has 0 unspecified atom stereocenters. The van der Waals surface area contributed by atoms with Gasteiger partial charge in [0.2, 0.25) is 0 Å². The van der Waals surface area contributed by atoms with Crippen LogP contribution in [0.1, 0.15) is 38.5 Å². The summed E-state index contributed by atoms with van der Waals surface area (Å²) in [7, 11) is 0. The maximum absolute atomic E-state index is 12.0. The number of amides is 1. The van der Waals surface area contributed by atoms with Crippen molar-refractivity contribution < 1.29 is 19.1 Å². The summed E-state index contributed by atoms with van der Waals surface area (Å²) in [4.78, 5) is 25.5. The summed E-state index contributed by atoms with van der Waals surface area (Å²) >= 11 is 11.8. The van der Waals surface area contributed by atoms with E-state index in [0.29, 0.717) is 28.8 Å². The molecule has 2 rings (SSSR count). The predicted octanol–water partition coefficient (Wildman–Crippen LogP) is 4.10. The molecule has 1 saturated heterocycles. The minimum atomic E-state index is -0.394. The Balaban J connectivity index is 1.61. The number of esters is 1. The number of hydrogen-bond acceptors (Lipinski definition) is 4. The lowest BCUT2D eigenvalue weighted by molar-refractivity contribution is -0.152. The maximum atomic E-state index is 12.0. The Kier molecular flexibility index (Phi) is 8.35. The van der Waals surface area contributed by atoms with Crippen LogP contribution in [0, 0.1) is 0 Å². The molecule has 0 bridgehead atoms. The van der Waals surface area contributed by atoms with Gasteiger partial charge in [-0.2, -0.15) is 0 Å². The van der Waals surface area contributed by atoms with Crippen molar-refractivity contribution in [1.29, 1.82) is 0 Å². The van der Waals surface area contributed by atoms with Crippen LogP contribution in [0.25, 0.3) is 0 Å². The number of carbonyl (C=O) groups excluding carboxylic acids is 2. The third kappa shape index (κ3) is 7.12. The topological polar surface area (TPSA) is 55.8 Å². The lowest BCUT2D eigenvalue weighted by atomic mass is 10.2. The molecule has 5 nitrogen and oxygen atoms in total. The van der Waals surface area contributed by atoms with Crippen LogP contribution in [0.3, 0.4) is 0 Å². The highest BCUT2D eigenvalue weighted by atomic mass is 35.5. The molecular formula is C18H23Cl2NO4. The average molecular weight is 388 g/mol. The fourth-order valence-corrected chi connectivity index (χ4v) is 3.08. The second-order valence-electron chi connectivity index (χ2n) is 5.98. The summed E-state index contributed by atoms with van der Waals surface area (Å²) in [6.45, 7) is 1.66. The highest BCUT2D eigenvalue weighted by Gasteiger charge is 2.17. The molecule has 1 aliphatic rings. The SMILES string of the molecule is O=C(CCCOc1ccc(Cl)cc1Cl)OCC(=O)N1CCCCCC1. The highest BCUT2D eigenvalue weighted by Crippen LogP contribution is 2.27. The number of carbonyl (C=O) groups is 2. The normalized spacial score (nSPS) is 14.7. The summed E-state index contributed by atoms with van der Waals surface area (Å²) in [6.07, 6.45) is 5.02. The van der Waals surface area contributed by atoms with Crippen LogP contribution in [0.4, 0.5) is 0 Å². The van der Waals surface area contributed by atoms with Crippen LogP contribution in [0.15, 0.2) is 18.2 Å². The molecule has 138 valence electrons. The van der Waals surface area contributed by atoms with Gasteiger partial charge in [0.05, 0.1) is 11.6 Å². The second-order valence-corrected chi connectivity index (χ2v) is 6.83. The van der Waals surface area contributed by atoms with E-state index in [-0.39, 0.29) is 18.9 Å². The van der Waals surface area contributed by atoms with Crippen molar-refractivity contribution >= 4 is 35.1 Å². The standard InChI is InChI=1S/C18H23Cl2NO4/c19-14-7-8-16(15(20)12-14)24-11-5-6-18(23)25-13-17(22)21-9-3-1-2-4-10-21/h7-8,12H,1-6,9-11,13H2. The van der Waals surface area contributed by atoms with E-state index >= 15 is 0 Å². The Bertz CT molecular complexity index is 586. The van der Waals surface area contributed by atoms with Crippen LogP contribution in [-0.2, 0) is 14.3 Å². The summed E-state index contributed by atoms with van der Waals surface area (Å²) in [5, 5.41) is 0.966. The van der Waals surface area contributed by atoms with Gasteiger partial charge in [-0.05, 0) is 37.5 Å². The molecule has 0 atom stereocenters. The first-order valence-electron chi connectivity index (χ1n) is 8.57. The van der Waals surface area contributed by atoms with Crippen molar-refractivity contribution in [1.82, 2.24) is 4.90 Å². The van der Waals surface area contributed by atoms with Gasteiger partial charge in [-0.15, -0.1) is 0 Å². The Morgan fingerprint density at radius 1 is 1.08 bits per heavy atom. The molecule has 1 aliphatic heterocycles. The van der Waals surface area contributed by atoms with E-state index in [4.69, 9.17) is 32.7 Å². The minimum Gasteiger partial charge on any atom is -0.492 e. The van der Waals surface area contributed by atoms with Crippen molar-refractivity contribution in [2.24, 2.45) is 0 Å². The zero-order valence-corrected chi connectivity index (χ0v) is 15.7. The Hall–Kier alpha value is -1.46. The van der Waals surface area contributed by atoms with E-state index in [9.17, 15) is 9.59 Å². The first kappa shape index (κ1) is 19.9. The van der Waals surface area contributed by atoms with Gasteiger partial charge in [0.15, 0.2) is 6.61 Å². The summed E-state index contributed by atoms with van der Waals surface area (Å²) in [5.41, 5.74) is 0. The smallest absolute Gasteiger partial charge is 0.306 e. The van der Waals surface area contributed by atoms with Gasteiger partial charge in [-0.25, -0.2) is 0 Å². The second kappa shape index (κ2) is 10.5. The summed E-state index contributed by atoms with van der Waals surface area (Å²) in [5.74, 6) is 0.0178. The molecular weight excluding hydrogens is 365 g/mol. The molecule has 0 N–H and O–H groups in total. The van der Waals surface area contributed by atoms with Crippen molar-refractivity contribution in [3.8, 4) is 5.75 Å². The maximum Gasteiger partial charge on any atom is 0.306 e. The largest absolute Gasteiger partial charge is 0.492 e. The third-order valence-corrected chi connectivity index (χ3v) is 4.52. The lowest BCUT2D eigenvalue weighted by Gasteiger charge is -2.19. The van der Waals surface area contributed by atoms with Gasteiger partial charge < -0.3 is 14.4 Å². The van der Waals surface area contributed by atoms with Gasteiger partial charge in [-0.1, -0.05) is 36.0 Å². The molecule has 0 radical (unpaired) electrons. The van der Waals surface area contributed by atoms with E-state index in [1.807, 2.05) is 0 Å². The summed E-state index contributed by atoms with van der Waals surface area (Å²) in [6, 6.07) is 4.97. The number of hydrogen-bond donors (Lipinski definition) is 0. The van der Waals surface area contributed by atoms with Gasteiger partial charge >= 0.3 is 5.97 Å². The molecule has 0 aromatic heterocycles. The van der Waals surface area contributed by atoms with E-state index in [2.05, 4.69) is 0 Å². The Morgan fingerprint density at radius 3 is 2.48 bits per heavy atom. The van der Waals surface area contributed by atoms with Crippen molar-refractivity contribution in [3.63, 3.8) is 0 Å². The zero-order valence-electron chi connectivity index (χ0n) is 14.1. The first-order valence-corrected chi connectivity index (χ1v) is 9.33.